The van der Waals surface area contributed by atoms with E-state index >= 15 is 0 Å². The summed E-state index contributed by atoms with van der Waals surface area (Å²) in [6.07, 6.45) is 0. The second-order valence-corrected chi connectivity index (χ2v) is 1.64. The molecule has 0 bridgehead atoms. The second kappa shape index (κ2) is 8.37. The molecule has 13 heavy (non-hydrogen) atoms. The molecular weight excluding hydrogens is 208 g/mol. The Morgan fingerprint density at radius 1 is 1.00 bits per heavy atom. The van der Waals surface area contributed by atoms with E-state index in [2.05, 4.69) is 46.1 Å². The number of hydrogen-bond donors (Lipinski definition) is 2. The Kier molecular flexibility index (Phi) is 7.25. The van der Waals surface area contributed by atoms with E-state index in [-0.39, 0.29) is 0 Å². The minimum Gasteiger partial charge on any atom is -0.287 e. The summed E-state index contributed by atoms with van der Waals surface area (Å²) in [4.78, 5) is 3.12. The van der Waals surface area contributed by atoms with Gasteiger partial charge in [0.1, 0.15) is 0 Å². The van der Waals surface area contributed by atoms with Crippen molar-refractivity contribution in [2.75, 3.05) is 0 Å². The number of nitrogens with zero attached hydrogens (tertiary/aromatic N) is 8. The summed E-state index contributed by atoms with van der Waals surface area (Å²) in [5.74, 6) is 0. The Morgan fingerprint density at radius 3 is 2.08 bits per heavy atom. The molecule has 13 heteroatoms. The first-order chi connectivity index (χ1) is 6.27. The third-order valence-corrected chi connectivity index (χ3v) is 0.592. The third-order valence-electron chi connectivity index (χ3n) is 0.379. The maximum absolute atomic E-state index is 9.79. The molecule has 1 atom stereocenters. The van der Waals surface area contributed by atoms with Crippen molar-refractivity contribution in [2.45, 2.75) is 0 Å². The van der Waals surface area contributed by atoms with E-state index in [1.807, 2.05) is 0 Å². The minimum absolute atomic E-state index is 2.44. The molecule has 0 aliphatic rings. The highest BCUT2D eigenvalue weighted by molar-refractivity contribution is 7.77. The lowest BCUT2D eigenvalue weighted by Gasteiger charge is -1.72. The van der Waals surface area contributed by atoms with Crippen molar-refractivity contribution in [1.29, 1.82) is 0 Å². The van der Waals surface area contributed by atoms with Crippen LogP contribution in [0.2, 0.25) is 0 Å². The molecule has 0 saturated heterocycles. The quantitative estimate of drug-likeness (QED) is 0.300. The van der Waals surface area contributed by atoms with Gasteiger partial charge in [0.05, 0.1) is 5.28 Å². The summed E-state index contributed by atoms with van der Waals surface area (Å²) >= 11 is -2.44. The van der Waals surface area contributed by atoms with Gasteiger partial charge in [-0.15, -0.1) is 0 Å². The van der Waals surface area contributed by atoms with Crippen molar-refractivity contribution in [3.05, 3.63) is 0 Å². The average molecular weight is 210 g/mol. The lowest BCUT2D eigenvalue weighted by molar-refractivity contribution is -0.251. The van der Waals surface area contributed by atoms with Gasteiger partial charge in [-0.25, -0.2) is 9.20 Å². The van der Waals surface area contributed by atoms with Gasteiger partial charge >= 0.3 is 11.3 Å². The van der Waals surface area contributed by atoms with Crippen LogP contribution < -0.4 is 0 Å². The van der Waals surface area contributed by atoms with Crippen LogP contribution in [0, 0.1) is 0 Å². The standard InChI is InChI=1S/H2N8O4S/c9-12-7-5-3-1-2-4-6-8-13(10)11/h9H,(H,10,11)/b3-1+,4-2+,7-5+,8-6?. The van der Waals surface area contributed by atoms with Gasteiger partial charge in [-0.3, -0.25) is 4.55 Å². The molecule has 0 saturated carbocycles. The van der Waals surface area contributed by atoms with Gasteiger partial charge in [0.2, 0.25) is 0 Å². The third kappa shape index (κ3) is 10.3. The largest absolute Gasteiger partial charge is 0.302 e. The number of rotatable bonds is 5. The molecular formula is H2N8O4S. The van der Waals surface area contributed by atoms with E-state index in [0.717, 1.165) is 0 Å². The predicted molar refractivity (Wildman–Crippen MR) is 33.9 cm³/mol. The molecule has 12 nitrogen and oxygen atoms in total. The van der Waals surface area contributed by atoms with Crippen molar-refractivity contribution in [2.24, 2.45) is 41.1 Å². The smallest absolute Gasteiger partial charge is 0.287 e. The van der Waals surface area contributed by atoms with Gasteiger partial charge in [0.25, 0.3) is 0 Å². The van der Waals surface area contributed by atoms with Crippen LogP contribution in [0.5, 0.6) is 0 Å². The molecule has 72 valence electrons. The molecule has 0 aromatic rings. The maximum Gasteiger partial charge on any atom is 0.302 e. The molecule has 0 heterocycles. The zero-order valence-electron chi connectivity index (χ0n) is 5.70. The van der Waals surface area contributed by atoms with E-state index < -0.39 is 11.3 Å². The Hall–Kier alpha value is -1.73. The highest BCUT2D eigenvalue weighted by Gasteiger charge is 1.79. The van der Waals surface area contributed by atoms with Gasteiger partial charge < -0.3 is 0 Å². The van der Waals surface area contributed by atoms with Gasteiger partial charge in [-0.1, -0.05) is 0 Å². The first-order valence-corrected chi connectivity index (χ1v) is 3.36. The van der Waals surface area contributed by atoms with Gasteiger partial charge in [0, 0.05) is 15.7 Å². The summed E-state index contributed by atoms with van der Waals surface area (Å²) in [5, 5.41) is 26.6. The van der Waals surface area contributed by atoms with Crippen LogP contribution in [-0.4, -0.2) is 14.0 Å². The van der Waals surface area contributed by atoms with Crippen LogP contribution >= 0.6 is 0 Å². The molecule has 0 rings (SSSR count). The SMILES string of the molecule is O=S(O)N=N/N=N/N=N/N=N/OO. The average Bonchev–Trinajstić information content (AvgIpc) is 2.09. The topological polar surface area (TPSA) is 166 Å². The fourth-order valence-electron chi connectivity index (χ4n) is 0.152. The molecule has 0 spiro atoms. The van der Waals surface area contributed by atoms with Crippen LogP contribution in [0.25, 0.3) is 0 Å². The fourth-order valence-corrected chi connectivity index (χ4v) is 0.247. The zero-order chi connectivity index (χ0) is 9.94. The van der Waals surface area contributed by atoms with Crippen LogP contribution in [0.4, 0.5) is 0 Å². The van der Waals surface area contributed by atoms with Crippen LogP contribution in [-0.2, 0) is 16.3 Å². The molecule has 0 radical (unpaired) electrons. The number of hydrogen-bond acceptors (Lipinski definition) is 4. The van der Waals surface area contributed by atoms with Crippen LogP contribution in [0.1, 0.15) is 0 Å². The summed E-state index contributed by atoms with van der Waals surface area (Å²) in [5.41, 5.74) is 0. The Bertz CT molecular complexity index is 253. The fraction of sp³-hybridized carbons (Fsp3) is 0. The molecule has 0 aromatic heterocycles. The Balaban J connectivity index is 3.69. The highest BCUT2D eigenvalue weighted by Crippen LogP contribution is 1.86. The summed E-state index contributed by atoms with van der Waals surface area (Å²) in [6.45, 7) is 0. The monoisotopic (exact) mass is 210 g/mol. The van der Waals surface area contributed by atoms with E-state index in [1.165, 1.54) is 0 Å². The van der Waals surface area contributed by atoms with Gasteiger partial charge in [-0.2, -0.15) is 5.26 Å². The Labute approximate surface area is 72.4 Å². The molecule has 0 amide bonds. The Morgan fingerprint density at radius 2 is 1.54 bits per heavy atom. The summed E-state index contributed by atoms with van der Waals surface area (Å²) in [6, 6.07) is 0. The maximum atomic E-state index is 9.79. The normalized spacial score (nSPS) is 15.2. The van der Waals surface area contributed by atoms with Crippen molar-refractivity contribution in [3.63, 3.8) is 0 Å². The summed E-state index contributed by atoms with van der Waals surface area (Å²) < 4.78 is 20.4. The summed E-state index contributed by atoms with van der Waals surface area (Å²) in [7, 11) is 0. The zero-order valence-corrected chi connectivity index (χ0v) is 6.51. The first-order valence-electron chi connectivity index (χ1n) is 2.30. The van der Waals surface area contributed by atoms with Crippen LogP contribution in [0.3, 0.4) is 0 Å². The van der Waals surface area contributed by atoms with E-state index in [4.69, 9.17) is 9.81 Å². The molecule has 0 aromatic carbocycles. The van der Waals surface area contributed by atoms with E-state index in [9.17, 15) is 4.21 Å². The molecule has 0 aliphatic carbocycles. The minimum atomic E-state index is -2.44. The second-order valence-electron chi connectivity index (χ2n) is 1.01. The highest BCUT2D eigenvalue weighted by atomic mass is 32.2. The molecule has 2 N–H and O–H groups in total. The predicted octanol–water partition coefficient (Wildman–Crippen LogP) is 1.08. The van der Waals surface area contributed by atoms with E-state index in [1.54, 1.807) is 0 Å². The van der Waals surface area contributed by atoms with Crippen molar-refractivity contribution < 1.29 is 19.0 Å². The van der Waals surface area contributed by atoms with E-state index in [0.29, 0.717) is 0 Å². The van der Waals surface area contributed by atoms with Crippen molar-refractivity contribution in [1.82, 2.24) is 0 Å². The molecule has 0 aliphatic heterocycles. The lowest BCUT2D eigenvalue weighted by atomic mass is 12.4. The van der Waals surface area contributed by atoms with Crippen molar-refractivity contribution in [3.8, 4) is 0 Å². The molecule has 1 unspecified atom stereocenters. The first kappa shape index (κ1) is 11.3. The van der Waals surface area contributed by atoms with Crippen molar-refractivity contribution >= 4 is 11.3 Å². The molecule has 0 fully saturated rings. The van der Waals surface area contributed by atoms with Crippen LogP contribution in [0.15, 0.2) is 41.1 Å². The van der Waals surface area contributed by atoms with Gasteiger partial charge in [-0.05, 0) is 20.2 Å². The lowest BCUT2D eigenvalue weighted by Crippen LogP contribution is -1.72. The van der Waals surface area contributed by atoms with Gasteiger partial charge in [0.15, 0.2) is 0 Å².